The zero-order chi connectivity index (χ0) is 13.6. The first-order chi connectivity index (χ1) is 9.04. The summed E-state index contributed by atoms with van der Waals surface area (Å²) in [4.78, 5) is 13.7. The van der Waals surface area contributed by atoms with Crippen molar-refractivity contribution in [3.63, 3.8) is 0 Å². The van der Waals surface area contributed by atoms with Gasteiger partial charge >= 0.3 is 5.76 Å². The molecule has 1 atom stereocenters. The van der Waals surface area contributed by atoms with Gasteiger partial charge in [0.2, 0.25) is 0 Å². The van der Waals surface area contributed by atoms with Gasteiger partial charge in [0.05, 0.1) is 11.6 Å². The zero-order valence-electron chi connectivity index (χ0n) is 10.7. The van der Waals surface area contributed by atoms with E-state index in [1.54, 1.807) is 12.1 Å². The fourth-order valence-corrected chi connectivity index (χ4v) is 2.29. The number of benzene rings is 1. The number of H-pyrrole nitrogens is 1. The number of aryl methyl sites for hydroxylation is 2. The maximum atomic E-state index is 11.1. The molecule has 2 heterocycles. The molecule has 0 saturated heterocycles. The molecule has 0 spiro atoms. The summed E-state index contributed by atoms with van der Waals surface area (Å²) in [5, 5.41) is 0. The third kappa shape index (κ3) is 1.98. The molecule has 1 aromatic carbocycles. The summed E-state index contributed by atoms with van der Waals surface area (Å²) in [5.41, 5.74) is 9.23. The van der Waals surface area contributed by atoms with Gasteiger partial charge in [-0.25, -0.2) is 4.79 Å². The monoisotopic (exact) mass is 258 g/mol. The second-order valence-electron chi connectivity index (χ2n) is 4.62. The van der Waals surface area contributed by atoms with Crippen LogP contribution in [0.4, 0.5) is 0 Å². The van der Waals surface area contributed by atoms with E-state index < -0.39 is 5.76 Å². The van der Waals surface area contributed by atoms with Crippen LogP contribution < -0.4 is 11.5 Å². The molecule has 2 aromatic heterocycles. The van der Waals surface area contributed by atoms with Crippen LogP contribution in [0, 0.1) is 13.8 Å². The highest BCUT2D eigenvalue weighted by atomic mass is 16.4. The quantitative estimate of drug-likeness (QED) is 0.739. The van der Waals surface area contributed by atoms with E-state index in [0.717, 1.165) is 22.6 Å². The van der Waals surface area contributed by atoms with Crippen LogP contribution in [0.1, 0.15) is 28.7 Å². The Balaban J connectivity index is 2.08. The van der Waals surface area contributed by atoms with Crippen LogP contribution >= 0.6 is 0 Å². The number of fused-ring (bicyclic) bond motifs is 1. The highest BCUT2D eigenvalue weighted by Gasteiger charge is 2.16. The molecule has 0 fully saturated rings. The maximum Gasteiger partial charge on any atom is 0.417 e. The summed E-state index contributed by atoms with van der Waals surface area (Å²) in [6, 6.07) is 7.07. The Bertz CT molecular complexity index is 794. The highest BCUT2D eigenvalue weighted by Crippen LogP contribution is 2.27. The first-order valence-corrected chi connectivity index (χ1v) is 6.00. The Morgan fingerprint density at radius 2 is 2.00 bits per heavy atom. The van der Waals surface area contributed by atoms with Crippen LogP contribution in [0.15, 0.2) is 37.9 Å². The average Bonchev–Trinajstić information content (AvgIpc) is 2.88. The predicted molar refractivity (Wildman–Crippen MR) is 71.0 cm³/mol. The van der Waals surface area contributed by atoms with E-state index in [1.165, 1.54) is 0 Å². The minimum atomic E-state index is -0.462. The molecule has 5 nitrogen and oxygen atoms in total. The summed E-state index contributed by atoms with van der Waals surface area (Å²) in [6.45, 7) is 3.77. The van der Waals surface area contributed by atoms with Crippen LogP contribution in [-0.4, -0.2) is 4.98 Å². The molecule has 5 heteroatoms. The second-order valence-corrected chi connectivity index (χ2v) is 4.62. The van der Waals surface area contributed by atoms with Crippen molar-refractivity contribution in [2.45, 2.75) is 19.9 Å². The van der Waals surface area contributed by atoms with Gasteiger partial charge in [-0.05, 0) is 37.6 Å². The lowest BCUT2D eigenvalue weighted by molar-refractivity contribution is 0.499. The van der Waals surface area contributed by atoms with Gasteiger partial charge in [0.1, 0.15) is 11.5 Å². The van der Waals surface area contributed by atoms with Crippen molar-refractivity contribution in [2.75, 3.05) is 0 Å². The molecule has 0 aliphatic carbocycles. The van der Waals surface area contributed by atoms with E-state index in [0.29, 0.717) is 11.1 Å². The van der Waals surface area contributed by atoms with Gasteiger partial charge in [-0.2, -0.15) is 0 Å². The Morgan fingerprint density at radius 3 is 2.68 bits per heavy atom. The lowest BCUT2D eigenvalue weighted by Gasteiger charge is -2.10. The largest absolute Gasteiger partial charge is 0.466 e. The number of rotatable bonds is 2. The summed E-state index contributed by atoms with van der Waals surface area (Å²) in [7, 11) is 0. The van der Waals surface area contributed by atoms with Crippen molar-refractivity contribution in [3.8, 4) is 0 Å². The van der Waals surface area contributed by atoms with Crippen LogP contribution in [0.2, 0.25) is 0 Å². The van der Waals surface area contributed by atoms with Gasteiger partial charge in [-0.1, -0.05) is 6.07 Å². The third-order valence-corrected chi connectivity index (χ3v) is 3.22. The number of nitrogens with two attached hydrogens (primary N) is 1. The van der Waals surface area contributed by atoms with Crippen molar-refractivity contribution in [3.05, 3.63) is 57.5 Å². The van der Waals surface area contributed by atoms with Crippen molar-refractivity contribution < 1.29 is 8.83 Å². The van der Waals surface area contributed by atoms with E-state index in [-0.39, 0.29) is 6.04 Å². The Morgan fingerprint density at radius 1 is 1.21 bits per heavy atom. The highest BCUT2D eigenvalue weighted by molar-refractivity contribution is 5.73. The molecule has 19 heavy (non-hydrogen) atoms. The van der Waals surface area contributed by atoms with Gasteiger partial charge in [0, 0.05) is 5.56 Å². The molecule has 98 valence electrons. The molecule has 0 amide bonds. The number of hydrogen-bond donors (Lipinski definition) is 2. The van der Waals surface area contributed by atoms with E-state index in [2.05, 4.69) is 4.98 Å². The van der Waals surface area contributed by atoms with Crippen molar-refractivity contribution in [1.29, 1.82) is 0 Å². The minimum Gasteiger partial charge on any atom is -0.466 e. The standard InChI is InChI=1S/C14H14N2O3/c1-7-5-10(8(2)18-7)13(15)9-3-4-11-12(6-9)19-14(17)16-11/h3-6,13H,15H2,1-2H3,(H,16,17). The third-order valence-electron chi connectivity index (χ3n) is 3.22. The van der Waals surface area contributed by atoms with Crippen LogP contribution in [0.5, 0.6) is 0 Å². The van der Waals surface area contributed by atoms with E-state index in [1.807, 2.05) is 26.0 Å². The molecule has 1 unspecified atom stereocenters. The summed E-state index contributed by atoms with van der Waals surface area (Å²) in [6.07, 6.45) is 0. The summed E-state index contributed by atoms with van der Waals surface area (Å²) >= 11 is 0. The smallest absolute Gasteiger partial charge is 0.417 e. The molecule has 0 bridgehead atoms. The Kier molecular flexibility index (Phi) is 2.57. The molecule has 0 saturated carbocycles. The first-order valence-electron chi connectivity index (χ1n) is 6.00. The lowest BCUT2D eigenvalue weighted by atomic mass is 10.00. The van der Waals surface area contributed by atoms with Crippen molar-refractivity contribution in [2.24, 2.45) is 5.73 Å². The number of oxazole rings is 1. The van der Waals surface area contributed by atoms with E-state index >= 15 is 0 Å². The number of aromatic amines is 1. The predicted octanol–water partition coefficient (Wildman–Crippen LogP) is 2.38. The first kappa shape index (κ1) is 11.8. The Labute approximate surface area is 109 Å². The second kappa shape index (κ2) is 4.13. The number of furan rings is 1. The van der Waals surface area contributed by atoms with Gasteiger partial charge in [-0.15, -0.1) is 0 Å². The number of nitrogens with one attached hydrogen (secondary N) is 1. The van der Waals surface area contributed by atoms with Gasteiger partial charge in [0.25, 0.3) is 0 Å². The molecule has 3 aromatic rings. The van der Waals surface area contributed by atoms with Crippen LogP contribution in [0.25, 0.3) is 11.1 Å². The van der Waals surface area contributed by atoms with Crippen LogP contribution in [0.3, 0.4) is 0 Å². The summed E-state index contributed by atoms with van der Waals surface area (Å²) in [5.74, 6) is 1.17. The average molecular weight is 258 g/mol. The molecular formula is C14H14N2O3. The number of aromatic nitrogens is 1. The van der Waals surface area contributed by atoms with E-state index in [4.69, 9.17) is 14.6 Å². The summed E-state index contributed by atoms with van der Waals surface area (Å²) < 4.78 is 10.5. The molecule has 0 radical (unpaired) electrons. The topological polar surface area (TPSA) is 85.2 Å². The van der Waals surface area contributed by atoms with Gasteiger partial charge in [-0.3, -0.25) is 4.98 Å². The minimum absolute atomic E-state index is 0.304. The van der Waals surface area contributed by atoms with Crippen LogP contribution in [-0.2, 0) is 0 Å². The maximum absolute atomic E-state index is 11.1. The molecule has 0 aliphatic rings. The van der Waals surface area contributed by atoms with Crippen molar-refractivity contribution >= 4 is 11.1 Å². The molecule has 3 rings (SSSR count). The molecule has 3 N–H and O–H groups in total. The zero-order valence-corrected chi connectivity index (χ0v) is 10.7. The normalized spacial score (nSPS) is 13.0. The molecular weight excluding hydrogens is 244 g/mol. The van der Waals surface area contributed by atoms with E-state index in [9.17, 15) is 4.79 Å². The van der Waals surface area contributed by atoms with Gasteiger partial charge in [0.15, 0.2) is 5.58 Å². The molecule has 0 aliphatic heterocycles. The Hall–Kier alpha value is -2.27. The SMILES string of the molecule is Cc1cc(C(N)c2ccc3[nH]c(=O)oc3c2)c(C)o1. The van der Waals surface area contributed by atoms with Gasteiger partial charge < -0.3 is 14.6 Å². The van der Waals surface area contributed by atoms with Crippen molar-refractivity contribution in [1.82, 2.24) is 4.98 Å². The lowest BCUT2D eigenvalue weighted by Crippen LogP contribution is -2.11. The fourth-order valence-electron chi connectivity index (χ4n) is 2.29. The fraction of sp³-hybridized carbons (Fsp3) is 0.214. The number of hydrogen-bond acceptors (Lipinski definition) is 4.